The van der Waals surface area contributed by atoms with E-state index in [9.17, 15) is 0 Å². The maximum atomic E-state index is 6.26. The molecule has 1 aliphatic rings. The van der Waals surface area contributed by atoms with Gasteiger partial charge in [-0.2, -0.15) is 0 Å². The van der Waals surface area contributed by atoms with Gasteiger partial charge in [0.2, 0.25) is 0 Å². The van der Waals surface area contributed by atoms with Crippen molar-refractivity contribution < 1.29 is 4.74 Å². The van der Waals surface area contributed by atoms with Crippen LogP contribution in [0.4, 0.5) is 0 Å². The number of hydrogen-bond acceptors (Lipinski definition) is 2. The summed E-state index contributed by atoms with van der Waals surface area (Å²) in [6.45, 7) is 2.84. The monoisotopic (exact) mass is 265 g/mol. The zero-order valence-electron chi connectivity index (χ0n) is 10.9. The van der Waals surface area contributed by atoms with E-state index in [4.69, 9.17) is 16.3 Å². The molecule has 1 atom stereocenters. The highest BCUT2D eigenvalue weighted by Gasteiger charge is 2.11. The van der Waals surface area contributed by atoms with E-state index < -0.39 is 0 Å². The van der Waals surface area contributed by atoms with Crippen LogP contribution in [0.2, 0.25) is 0 Å². The molecule has 0 aliphatic heterocycles. The van der Waals surface area contributed by atoms with Gasteiger partial charge in [-0.25, -0.2) is 0 Å². The van der Waals surface area contributed by atoms with Crippen LogP contribution >= 0.6 is 11.6 Å². The Balaban J connectivity index is 2.16. The number of pyridine rings is 1. The molecule has 18 heavy (non-hydrogen) atoms. The molecule has 0 amide bonds. The van der Waals surface area contributed by atoms with Gasteiger partial charge in [0.1, 0.15) is 5.75 Å². The van der Waals surface area contributed by atoms with Crippen LogP contribution in [0.1, 0.15) is 44.6 Å². The van der Waals surface area contributed by atoms with Gasteiger partial charge >= 0.3 is 0 Å². The number of aromatic nitrogens is 1. The predicted octanol–water partition coefficient (Wildman–Crippen LogP) is 4.44. The van der Waals surface area contributed by atoms with Crippen molar-refractivity contribution in [3.63, 3.8) is 0 Å². The van der Waals surface area contributed by atoms with Gasteiger partial charge in [-0.1, -0.05) is 19.4 Å². The van der Waals surface area contributed by atoms with Crippen LogP contribution in [0, 0.1) is 0 Å². The van der Waals surface area contributed by atoms with E-state index >= 15 is 0 Å². The van der Waals surface area contributed by atoms with Crippen LogP contribution < -0.4 is 4.74 Å². The van der Waals surface area contributed by atoms with Crippen molar-refractivity contribution >= 4 is 17.2 Å². The molecule has 98 valence electrons. The average molecular weight is 266 g/mol. The molecule has 0 spiro atoms. The Morgan fingerprint density at radius 3 is 3.11 bits per heavy atom. The van der Waals surface area contributed by atoms with E-state index in [-0.39, 0.29) is 5.38 Å². The third-order valence-corrected chi connectivity index (χ3v) is 3.46. The molecule has 0 fully saturated rings. The smallest absolute Gasteiger partial charge is 0.138 e. The van der Waals surface area contributed by atoms with Crippen LogP contribution in [0.15, 0.2) is 24.5 Å². The molecule has 1 aromatic heterocycles. The van der Waals surface area contributed by atoms with E-state index in [1.807, 2.05) is 6.20 Å². The first-order chi connectivity index (χ1) is 8.79. The molecule has 0 bridgehead atoms. The second kappa shape index (κ2) is 6.79. The van der Waals surface area contributed by atoms with Crippen molar-refractivity contribution in [3.8, 4) is 5.75 Å². The fourth-order valence-corrected chi connectivity index (χ4v) is 2.48. The van der Waals surface area contributed by atoms with Gasteiger partial charge < -0.3 is 4.74 Å². The summed E-state index contributed by atoms with van der Waals surface area (Å²) in [6.07, 6.45) is 11.4. The standard InChI is InChI=1S/C15H20ClNO/c1-2-7-18-15-9-13(10-17-11-15)12-5-3-4-6-14(16)8-12/h8-11,14H,2-7H2,1H3. The Kier molecular flexibility index (Phi) is 5.06. The molecule has 0 aromatic carbocycles. The second-order valence-electron chi connectivity index (χ2n) is 4.71. The van der Waals surface area contributed by atoms with Gasteiger partial charge in [-0.15, -0.1) is 11.6 Å². The summed E-state index contributed by atoms with van der Waals surface area (Å²) in [4.78, 5) is 4.26. The normalized spacial score (nSPS) is 20.1. The average Bonchev–Trinajstić information content (AvgIpc) is 2.61. The van der Waals surface area contributed by atoms with Crippen LogP contribution in [-0.4, -0.2) is 17.0 Å². The van der Waals surface area contributed by atoms with E-state index in [1.165, 1.54) is 18.4 Å². The van der Waals surface area contributed by atoms with Gasteiger partial charge in [0, 0.05) is 6.20 Å². The lowest BCUT2D eigenvalue weighted by atomic mass is 10.0. The van der Waals surface area contributed by atoms with Crippen LogP contribution in [0.5, 0.6) is 5.75 Å². The van der Waals surface area contributed by atoms with E-state index in [0.29, 0.717) is 0 Å². The molecule has 1 heterocycles. The van der Waals surface area contributed by atoms with Gasteiger partial charge in [0.25, 0.3) is 0 Å². The SMILES string of the molecule is CCCOc1cncc(C2=CC(Cl)CCCC2)c1. The van der Waals surface area contributed by atoms with Gasteiger partial charge in [-0.3, -0.25) is 4.98 Å². The summed E-state index contributed by atoms with van der Waals surface area (Å²) in [6, 6.07) is 2.07. The van der Waals surface area contributed by atoms with E-state index in [2.05, 4.69) is 24.1 Å². The number of ether oxygens (including phenoxy) is 1. The summed E-state index contributed by atoms with van der Waals surface area (Å²) >= 11 is 6.26. The minimum Gasteiger partial charge on any atom is -0.492 e. The van der Waals surface area contributed by atoms with Gasteiger partial charge in [-0.05, 0) is 42.9 Å². The van der Waals surface area contributed by atoms with Crippen molar-refractivity contribution in [2.45, 2.75) is 44.4 Å². The van der Waals surface area contributed by atoms with Gasteiger partial charge in [0.05, 0.1) is 18.2 Å². The Morgan fingerprint density at radius 1 is 1.39 bits per heavy atom. The van der Waals surface area contributed by atoms with Crippen molar-refractivity contribution in [2.24, 2.45) is 0 Å². The number of alkyl halides is 1. The molecule has 0 N–H and O–H groups in total. The molecule has 1 aliphatic carbocycles. The third-order valence-electron chi connectivity index (χ3n) is 3.11. The number of nitrogens with zero attached hydrogens (tertiary/aromatic N) is 1. The molecule has 1 aromatic rings. The lowest BCUT2D eigenvalue weighted by Gasteiger charge is -2.09. The van der Waals surface area contributed by atoms with E-state index in [1.54, 1.807) is 6.20 Å². The molecule has 2 nitrogen and oxygen atoms in total. The molecule has 1 unspecified atom stereocenters. The third kappa shape index (κ3) is 3.74. The summed E-state index contributed by atoms with van der Waals surface area (Å²) in [5.41, 5.74) is 2.46. The van der Waals surface area contributed by atoms with Crippen LogP contribution in [0.3, 0.4) is 0 Å². The summed E-state index contributed by atoms with van der Waals surface area (Å²) in [5, 5.41) is 0.155. The van der Waals surface area contributed by atoms with Crippen molar-refractivity contribution in [1.82, 2.24) is 4.98 Å². The highest BCUT2D eigenvalue weighted by atomic mass is 35.5. The lowest BCUT2D eigenvalue weighted by Crippen LogP contribution is -1.97. The van der Waals surface area contributed by atoms with Crippen LogP contribution in [0.25, 0.3) is 5.57 Å². The summed E-state index contributed by atoms with van der Waals surface area (Å²) in [7, 11) is 0. The van der Waals surface area contributed by atoms with Crippen molar-refractivity contribution in [2.75, 3.05) is 6.61 Å². The van der Waals surface area contributed by atoms with Crippen molar-refractivity contribution in [1.29, 1.82) is 0 Å². The van der Waals surface area contributed by atoms with Crippen LogP contribution in [-0.2, 0) is 0 Å². The fourth-order valence-electron chi connectivity index (χ4n) is 2.17. The Hall–Kier alpha value is -1.02. The highest BCUT2D eigenvalue weighted by molar-refractivity contribution is 6.22. The molecule has 2 rings (SSSR count). The zero-order valence-corrected chi connectivity index (χ0v) is 11.6. The zero-order chi connectivity index (χ0) is 12.8. The quantitative estimate of drug-likeness (QED) is 0.751. The first-order valence-electron chi connectivity index (χ1n) is 6.72. The number of rotatable bonds is 4. The first kappa shape index (κ1) is 13.4. The molecular weight excluding hydrogens is 246 g/mol. The molecule has 3 heteroatoms. The topological polar surface area (TPSA) is 22.1 Å². The largest absolute Gasteiger partial charge is 0.492 e. The Labute approximate surface area is 114 Å². The first-order valence-corrected chi connectivity index (χ1v) is 7.16. The number of allylic oxidation sites excluding steroid dienone is 2. The van der Waals surface area contributed by atoms with Crippen molar-refractivity contribution in [3.05, 3.63) is 30.1 Å². The van der Waals surface area contributed by atoms with E-state index in [0.717, 1.165) is 37.2 Å². The molecule has 0 saturated carbocycles. The minimum atomic E-state index is 0.155. The number of hydrogen-bond donors (Lipinski definition) is 0. The fraction of sp³-hybridized carbons (Fsp3) is 0.533. The Morgan fingerprint density at radius 2 is 2.28 bits per heavy atom. The summed E-state index contributed by atoms with van der Waals surface area (Å²) < 4.78 is 5.62. The predicted molar refractivity (Wildman–Crippen MR) is 76.1 cm³/mol. The van der Waals surface area contributed by atoms with Gasteiger partial charge in [0.15, 0.2) is 0 Å². The maximum absolute atomic E-state index is 6.26. The maximum Gasteiger partial charge on any atom is 0.138 e. The summed E-state index contributed by atoms with van der Waals surface area (Å²) in [5.74, 6) is 0.852. The second-order valence-corrected chi connectivity index (χ2v) is 5.27. The molecule has 0 saturated heterocycles. The number of halogens is 1. The molecular formula is C15H20ClNO. The molecule has 0 radical (unpaired) electrons. The lowest BCUT2D eigenvalue weighted by molar-refractivity contribution is 0.316. The minimum absolute atomic E-state index is 0.155. The highest BCUT2D eigenvalue weighted by Crippen LogP contribution is 2.29. The Bertz CT molecular complexity index is 417.